The summed E-state index contributed by atoms with van der Waals surface area (Å²) >= 11 is 0. The van der Waals surface area contributed by atoms with Crippen LogP contribution < -0.4 is 0 Å². The van der Waals surface area contributed by atoms with E-state index in [0.29, 0.717) is 25.6 Å². The van der Waals surface area contributed by atoms with Crippen molar-refractivity contribution < 1.29 is 4.79 Å². The number of carbonyl (C=O) groups excluding carboxylic acids is 1. The van der Waals surface area contributed by atoms with E-state index in [9.17, 15) is 4.79 Å². The average Bonchev–Trinajstić information content (AvgIpc) is 3.19. The molecule has 1 aliphatic carbocycles. The number of nitrogens with zero attached hydrogens (tertiary/aromatic N) is 7. The molecule has 0 saturated heterocycles. The average molecular weight is 329 g/mol. The normalized spacial score (nSPS) is 17.8. The van der Waals surface area contributed by atoms with Gasteiger partial charge in [0.1, 0.15) is 11.6 Å². The SMILES string of the molecule is CN(Cc1cnn(C)c1)C(=O)CN1CCn2c(nnc2C2CC2)C1. The highest BCUT2D eigenvalue weighted by molar-refractivity contribution is 5.78. The summed E-state index contributed by atoms with van der Waals surface area (Å²) in [4.78, 5) is 16.4. The van der Waals surface area contributed by atoms with Crippen LogP contribution in [0.4, 0.5) is 0 Å². The van der Waals surface area contributed by atoms with Crippen molar-refractivity contribution in [3.05, 3.63) is 29.6 Å². The van der Waals surface area contributed by atoms with Gasteiger partial charge in [-0.15, -0.1) is 10.2 Å². The van der Waals surface area contributed by atoms with Crippen molar-refractivity contribution in [3.8, 4) is 0 Å². The van der Waals surface area contributed by atoms with Crippen LogP contribution in [0, 0.1) is 0 Å². The number of hydrogen-bond donors (Lipinski definition) is 0. The number of aromatic nitrogens is 5. The standard InChI is InChI=1S/C16H23N7O/c1-20(8-12-7-17-21(2)9-12)15(24)11-22-5-6-23-14(10-22)18-19-16(23)13-3-4-13/h7,9,13H,3-6,8,10-11H2,1-2H3. The number of rotatable bonds is 5. The maximum absolute atomic E-state index is 12.5. The molecule has 1 saturated carbocycles. The maximum Gasteiger partial charge on any atom is 0.236 e. The van der Waals surface area contributed by atoms with Crippen LogP contribution in [-0.2, 0) is 31.5 Å². The highest BCUT2D eigenvalue weighted by Crippen LogP contribution is 2.39. The zero-order valence-electron chi connectivity index (χ0n) is 14.2. The third-order valence-electron chi connectivity index (χ3n) is 4.77. The Morgan fingerprint density at radius 3 is 2.88 bits per heavy atom. The first-order chi connectivity index (χ1) is 11.6. The van der Waals surface area contributed by atoms with Crippen molar-refractivity contribution >= 4 is 5.91 Å². The van der Waals surface area contributed by atoms with Crippen LogP contribution in [0.2, 0.25) is 0 Å². The molecule has 0 unspecified atom stereocenters. The van der Waals surface area contributed by atoms with Gasteiger partial charge in [-0.3, -0.25) is 14.4 Å². The molecule has 24 heavy (non-hydrogen) atoms. The molecule has 0 N–H and O–H groups in total. The second kappa shape index (κ2) is 6.01. The largest absolute Gasteiger partial charge is 0.340 e. The summed E-state index contributed by atoms with van der Waals surface area (Å²) in [5.41, 5.74) is 1.04. The molecule has 2 aliphatic rings. The highest BCUT2D eigenvalue weighted by Gasteiger charge is 2.32. The zero-order valence-corrected chi connectivity index (χ0v) is 14.2. The third-order valence-corrected chi connectivity index (χ3v) is 4.77. The molecular weight excluding hydrogens is 306 g/mol. The van der Waals surface area contributed by atoms with Gasteiger partial charge in [0.15, 0.2) is 0 Å². The zero-order chi connectivity index (χ0) is 16.7. The van der Waals surface area contributed by atoms with Crippen LogP contribution in [0.1, 0.15) is 36.0 Å². The van der Waals surface area contributed by atoms with Crippen LogP contribution in [0.25, 0.3) is 0 Å². The van der Waals surface area contributed by atoms with Gasteiger partial charge in [0.25, 0.3) is 0 Å². The Bertz CT molecular complexity index is 745. The van der Waals surface area contributed by atoms with Gasteiger partial charge in [0, 0.05) is 51.4 Å². The Hall–Kier alpha value is -2.22. The van der Waals surface area contributed by atoms with E-state index in [2.05, 4.69) is 24.8 Å². The Kier molecular flexibility index (Phi) is 3.84. The predicted octanol–water partition coefficient (Wildman–Crippen LogP) is 0.363. The molecule has 3 heterocycles. The molecule has 2 aromatic heterocycles. The van der Waals surface area contributed by atoms with Gasteiger partial charge in [-0.2, -0.15) is 5.10 Å². The molecule has 0 atom stereocenters. The van der Waals surface area contributed by atoms with E-state index < -0.39 is 0 Å². The number of carbonyl (C=O) groups is 1. The van der Waals surface area contributed by atoms with Crippen LogP contribution in [0.5, 0.6) is 0 Å². The lowest BCUT2D eigenvalue weighted by Gasteiger charge is -2.28. The molecule has 0 radical (unpaired) electrons. The number of fused-ring (bicyclic) bond motifs is 1. The molecule has 8 nitrogen and oxygen atoms in total. The van der Waals surface area contributed by atoms with Gasteiger partial charge < -0.3 is 9.47 Å². The molecule has 1 aliphatic heterocycles. The van der Waals surface area contributed by atoms with Crippen LogP contribution in [0.3, 0.4) is 0 Å². The highest BCUT2D eigenvalue weighted by atomic mass is 16.2. The molecule has 8 heteroatoms. The van der Waals surface area contributed by atoms with Gasteiger partial charge in [-0.05, 0) is 12.8 Å². The van der Waals surface area contributed by atoms with Crippen molar-refractivity contribution in [2.45, 2.75) is 38.4 Å². The van der Waals surface area contributed by atoms with Gasteiger partial charge in [0.05, 0.1) is 19.3 Å². The molecule has 4 rings (SSSR count). The Morgan fingerprint density at radius 1 is 1.33 bits per heavy atom. The van der Waals surface area contributed by atoms with Crippen LogP contribution in [0.15, 0.2) is 12.4 Å². The molecule has 1 fully saturated rings. The Balaban J connectivity index is 1.34. The second-order valence-corrected chi connectivity index (χ2v) is 6.88. The van der Waals surface area contributed by atoms with Gasteiger partial charge in [-0.25, -0.2) is 0 Å². The molecule has 2 aromatic rings. The van der Waals surface area contributed by atoms with Crippen LogP contribution >= 0.6 is 0 Å². The summed E-state index contributed by atoms with van der Waals surface area (Å²) in [5.74, 6) is 2.87. The summed E-state index contributed by atoms with van der Waals surface area (Å²) < 4.78 is 4.00. The number of likely N-dealkylation sites (N-methyl/N-ethyl adjacent to an activating group) is 1. The fourth-order valence-corrected chi connectivity index (χ4v) is 3.24. The quantitative estimate of drug-likeness (QED) is 0.792. The van der Waals surface area contributed by atoms with E-state index in [1.165, 1.54) is 12.8 Å². The Labute approximate surface area is 141 Å². The molecule has 0 bridgehead atoms. The number of amides is 1. The van der Waals surface area contributed by atoms with E-state index >= 15 is 0 Å². The molecular formula is C16H23N7O. The predicted molar refractivity (Wildman–Crippen MR) is 87.0 cm³/mol. The summed E-state index contributed by atoms with van der Waals surface area (Å²) in [6.45, 7) is 3.46. The topological polar surface area (TPSA) is 72.1 Å². The second-order valence-electron chi connectivity index (χ2n) is 6.88. The van der Waals surface area contributed by atoms with E-state index in [-0.39, 0.29) is 5.91 Å². The minimum Gasteiger partial charge on any atom is -0.340 e. The lowest BCUT2D eigenvalue weighted by Crippen LogP contribution is -2.42. The first-order valence-electron chi connectivity index (χ1n) is 8.46. The van der Waals surface area contributed by atoms with Crippen LogP contribution in [-0.4, -0.2) is 60.4 Å². The fraction of sp³-hybridized carbons (Fsp3) is 0.625. The van der Waals surface area contributed by atoms with Crippen molar-refractivity contribution in [2.75, 3.05) is 20.1 Å². The molecule has 128 valence electrons. The van der Waals surface area contributed by atoms with E-state index in [0.717, 1.165) is 30.3 Å². The number of hydrogen-bond acceptors (Lipinski definition) is 5. The summed E-state index contributed by atoms with van der Waals surface area (Å²) in [7, 11) is 3.72. The van der Waals surface area contributed by atoms with Gasteiger partial charge in [0.2, 0.25) is 5.91 Å². The third kappa shape index (κ3) is 3.06. The molecule has 0 aromatic carbocycles. The number of aryl methyl sites for hydroxylation is 1. The minimum absolute atomic E-state index is 0.120. The smallest absolute Gasteiger partial charge is 0.236 e. The minimum atomic E-state index is 0.120. The Morgan fingerprint density at radius 2 is 2.17 bits per heavy atom. The van der Waals surface area contributed by atoms with E-state index in [4.69, 9.17) is 0 Å². The van der Waals surface area contributed by atoms with Gasteiger partial charge >= 0.3 is 0 Å². The first-order valence-corrected chi connectivity index (χ1v) is 8.46. The van der Waals surface area contributed by atoms with Crippen molar-refractivity contribution in [1.82, 2.24) is 34.3 Å². The molecule has 0 spiro atoms. The molecule has 1 amide bonds. The monoisotopic (exact) mass is 329 g/mol. The van der Waals surface area contributed by atoms with Crippen molar-refractivity contribution in [1.29, 1.82) is 0 Å². The van der Waals surface area contributed by atoms with Gasteiger partial charge in [-0.1, -0.05) is 0 Å². The maximum atomic E-state index is 12.5. The summed E-state index contributed by atoms with van der Waals surface area (Å²) in [5, 5.41) is 12.8. The summed E-state index contributed by atoms with van der Waals surface area (Å²) in [6, 6.07) is 0. The fourth-order valence-electron chi connectivity index (χ4n) is 3.24. The van der Waals surface area contributed by atoms with Crippen molar-refractivity contribution in [3.63, 3.8) is 0 Å². The lowest BCUT2D eigenvalue weighted by atomic mass is 10.3. The van der Waals surface area contributed by atoms with Crippen molar-refractivity contribution in [2.24, 2.45) is 7.05 Å². The van der Waals surface area contributed by atoms with E-state index in [1.54, 1.807) is 15.8 Å². The first kappa shape index (κ1) is 15.3. The summed E-state index contributed by atoms with van der Waals surface area (Å²) in [6.07, 6.45) is 6.21. The van der Waals surface area contributed by atoms with E-state index in [1.807, 2.05) is 20.3 Å². The lowest BCUT2D eigenvalue weighted by molar-refractivity contribution is -0.132.